The summed E-state index contributed by atoms with van der Waals surface area (Å²) in [6.07, 6.45) is 1.50. The minimum Gasteiger partial charge on any atom is -0.371 e. The lowest BCUT2D eigenvalue weighted by Gasteiger charge is -2.29. The molecule has 0 saturated carbocycles. The molecule has 0 spiro atoms. The molecule has 0 heterocycles. The van der Waals surface area contributed by atoms with E-state index in [9.17, 15) is 9.18 Å². The highest BCUT2D eigenvalue weighted by Crippen LogP contribution is 2.22. The molecule has 3 N–H and O–H groups in total. The van der Waals surface area contributed by atoms with Gasteiger partial charge in [0.1, 0.15) is 11.4 Å². The number of nitrogens with two attached hydrogens (primary N) is 1. The van der Waals surface area contributed by atoms with Crippen LogP contribution in [-0.2, 0) is 4.79 Å². The van der Waals surface area contributed by atoms with Crippen LogP contribution in [0.4, 0.5) is 10.1 Å². The number of anilines is 1. The first-order valence-corrected chi connectivity index (χ1v) is 6.17. The maximum atomic E-state index is 13.1. The molecule has 1 atom stereocenters. The standard InChI is InChI=1S/C14H21FN2O/c1-10(2)7-8-14(3,13(16)18)17-12-6-4-5-11(15)9-12/h4-6,9-10,17H,7-8H2,1-3H3,(H2,16,18). The van der Waals surface area contributed by atoms with E-state index in [1.165, 1.54) is 12.1 Å². The Morgan fingerprint density at radius 3 is 2.67 bits per heavy atom. The first-order valence-electron chi connectivity index (χ1n) is 6.17. The molecule has 0 fully saturated rings. The Morgan fingerprint density at radius 1 is 1.50 bits per heavy atom. The molecule has 0 aromatic heterocycles. The van der Waals surface area contributed by atoms with E-state index in [-0.39, 0.29) is 5.82 Å². The summed E-state index contributed by atoms with van der Waals surface area (Å²) in [5.41, 5.74) is 5.17. The van der Waals surface area contributed by atoms with Crippen molar-refractivity contribution in [2.45, 2.75) is 39.2 Å². The van der Waals surface area contributed by atoms with E-state index in [1.807, 2.05) is 0 Å². The number of benzene rings is 1. The van der Waals surface area contributed by atoms with Crippen LogP contribution in [0.1, 0.15) is 33.6 Å². The average Bonchev–Trinajstić information content (AvgIpc) is 2.26. The molecule has 1 aromatic carbocycles. The predicted octanol–water partition coefficient (Wildman–Crippen LogP) is 2.92. The second-order valence-electron chi connectivity index (χ2n) is 5.26. The highest BCUT2D eigenvalue weighted by Gasteiger charge is 2.30. The summed E-state index contributed by atoms with van der Waals surface area (Å²) >= 11 is 0. The van der Waals surface area contributed by atoms with E-state index >= 15 is 0 Å². The Bertz CT molecular complexity index is 420. The Morgan fingerprint density at radius 2 is 2.17 bits per heavy atom. The van der Waals surface area contributed by atoms with E-state index in [0.29, 0.717) is 18.0 Å². The molecule has 3 nitrogen and oxygen atoms in total. The van der Waals surface area contributed by atoms with Gasteiger partial charge in [-0.3, -0.25) is 4.79 Å². The van der Waals surface area contributed by atoms with Crippen LogP contribution >= 0.6 is 0 Å². The van der Waals surface area contributed by atoms with Gasteiger partial charge in [0.2, 0.25) is 5.91 Å². The molecule has 1 aromatic rings. The SMILES string of the molecule is CC(C)CCC(C)(Nc1cccc(F)c1)C(N)=O. The van der Waals surface area contributed by atoms with E-state index < -0.39 is 11.4 Å². The van der Waals surface area contributed by atoms with E-state index in [0.717, 1.165) is 6.42 Å². The molecule has 0 aliphatic carbocycles. The van der Waals surface area contributed by atoms with Gasteiger partial charge < -0.3 is 11.1 Å². The van der Waals surface area contributed by atoms with Crippen molar-refractivity contribution < 1.29 is 9.18 Å². The first kappa shape index (κ1) is 14.5. The third-order valence-corrected chi connectivity index (χ3v) is 3.01. The second kappa shape index (κ2) is 5.85. The van der Waals surface area contributed by atoms with E-state index in [4.69, 9.17) is 5.73 Å². The van der Waals surface area contributed by atoms with Gasteiger partial charge in [0.25, 0.3) is 0 Å². The lowest BCUT2D eigenvalue weighted by Crippen LogP contribution is -2.48. The second-order valence-corrected chi connectivity index (χ2v) is 5.26. The third-order valence-electron chi connectivity index (χ3n) is 3.01. The molecule has 0 aliphatic heterocycles. The Kier molecular flexibility index (Phi) is 4.70. The zero-order valence-corrected chi connectivity index (χ0v) is 11.2. The quantitative estimate of drug-likeness (QED) is 0.818. The Hall–Kier alpha value is -1.58. The van der Waals surface area contributed by atoms with Gasteiger partial charge in [-0.25, -0.2) is 4.39 Å². The fraction of sp³-hybridized carbons (Fsp3) is 0.500. The smallest absolute Gasteiger partial charge is 0.242 e. The maximum Gasteiger partial charge on any atom is 0.242 e. The summed E-state index contributed by atoms with van der Waals surface area (Å²) in [7, 11) is 0. The van der Waals surface area contributed by atoms with Crippen LogP contribution in [-0.4, -0.2) is 11.4 Å². The van der Waals surface area contributed by atoms with Crippen molar-refractivity contribution in [2.24, 2.45) is 11.7 Å². The average molecular weight is 252 g/mol. The van der Waals surface area contributed by atoms with Crippen molar-refractivity contribution in [3.8, 4) is 0 Å². The third kappa shape index (κ3) is 4.02. The molecule has 18 heavy (non-hydrogen) atoms. The van der Waals surface area contributed by atoms with Crippen molar-refractivity contribution in [3.63, 3.8) is 0 Å². The molecule has 0 radical (unpaired) electrons. The summed E-state index contributed by atoms with van der Waals surface area (Å²) in [4.78, 5) is 11.6. The van der Waals surface area contributed by atoms with Gasteiger partial charge in [0, 0.05) is 5.69 Å². The molecule has 0 bridgehead atoms. The first-order chi connectivity index (χ1) is 8.33. The van der Waals surface area contributed by atoms with Crippen LogP contribution < -0.4 is 11.1 Å². The van der Waals surface area contributed by atoms with Gasteiger partial charge in [-0.2, -0.15) is 0 Å². The summed E-state index contributed by atoms with van der Waals surface area (Å²) in [6.45, 7) is 5.93. The number of primary amides is 1. The van der Waals surface area contributed by atoms with Crippen molar-refractivity contribution in [1.82, 2.24) is 0 Å². The summed E-state index contributed by atoms with van der Waals surface area (Å²) in [5, 5.41) is 3.04. The summed E-state index contributed by atoms with van der Waals surface area (Å²) < 4.78 is 13.1. The normalized spacial score (nSPS) is 14.3. The lowest BCUT2D eigenvalue weighted by molar-refractivity contribution is -0.122. The molecule has 1 unspecified atom stereocenters. The van der Waals surface area contributed by atoms with Gasteiger partial charge in [-0.15, -0.1) is 0 Å². The molecular formula is C14H21FN2O. The fourth-order valence-corrected chi connectivity index (χ4v) is 1.71. The molecule has 100 valence electrons. The zero-order valence-electron chi connectivity index (χ0n) is 11.2. The number of amides is 1. The van der Waals surface area contributed by atoms with Crippen LogP contribution in [0, 0.1) is 11.7 Å². The topological polar surface area (TPSA) is 55.1 Å². The van der Waals surface area contributed by atoms with Gasteiger partial charge in [0.15, 0.2) is 0 Å². The number of halogens is 1. The van der Waals surface area contributed by atoms with Gasteiger partial charge in [-0.05, 0) is 43.9 Å². The molecular weight excluding hydrogens is 231 g/mol. The van der Waals surface area contributed by atoms with Crippen LogP contribution in [0.25, 0.3) is 0 Å². The molecule has 0 aliphatic rings. The molecule has 1 rings (SSSR count). The number of carbonyl (C=O) groups is 1. The molecule has 1 amide bonds. The van der Waals surface area contributed by atoms with E-state index in [2.05, 4.69) is 19.2 Å². The van der Waals surface area contributed by atoms with Crippen molar-refractivity contribution in [1.29, 1.82) is 0 Å². The van der Waals surface area contributed by atoms with Crippen molar-refractivity contribution >= 4 is 11.6 Å². The number of nitrogens with one attached hydrogen (secondary N) is 1. The minimum atomic E-state index is -0.849. The monoisotopic (exact) mass is 252 g/mol. The van der Waals surface area contributed by atoms with Crippen LogP contribution in [0.5, 0.6) is 0 Å². The van der Waals surface area contributed by atoms with Crippen molar-refractivity contribution in [2.75, 3.05) is 5.32 Å². The van der Waals surface area contributed by atoms with E-state index in [1.54, 1.807) is 19.1 Å². The number of hydrogen-bond donors (Lipinski definition) is 2. The molecule has 0 saturated heterocycles. The fourth-order valence-electron chi connectivity index (χ4n) is 1.71. The highest BCUT2D eigenvalue weighted by molar-refractivity contribution is 5.87. The number of rotatable bonds is 6. The minimum absolute atomic E-state index is 0.337. The zero-order chi connectivity index (χ0) is 13.8. The number of hydrogen-bond acceptors (Lipinski definition) is 2. The molecule has 4 heteroatoms. The van der Waals surface area contributed by atoms with Gasteiger partial charge >= 0.3 is 0 Å². The van der Waals surface area contributed by atoms with Gasteiger partial charge in [-0.1, -0.05) is 19.9 Å². The Labute approximate surface area is 108 Å². The summed E-state index contributed by atoms with van der Waals surface area (Å²) in [6, 6.07) is 6.04. The Balaban J connectivity index is 2.82. The lowest BCUT2D eigenvalue weighted by atomic mass is 9.91. The van der Waals surface area contributed by atoms with Gasteiger partial charge in [0.05, 0.1) is 0 Å². The van der Waals surface area contributed by atoms with Crippen LogP contribution in [0.3, 0.4) is 0 Å². The largest absolute Gasteiger partial charge is 0.371 e. The summed E-state index contributed by atoms with van der Waals surface area (Å²) in [5.74, 6) is -0.277. The number of carbonyl (C=O) groups excluding carboxylic acids is 1. The van der Waals surface area contributed by atoms with Crippen LogP contribution in [0.15, 0.2) is 24.3 Å². The van der Waals surface area contributed by atoms with Crippen LogP contribution in [0.2, 0.25) is 0 Å². The maximum absolute atomic E-state index is 13.1. The predicted molar refractivity (Wildman–Crippen MR) is 71.7 cm³/mol. The van der Waals surface area contributed by atoms with Crippen molar-refractivity contribution in [3.05, 3.63) is 30.1 Å². The highest BCUT2D eigenvalue weighted by atomic mass is 19.1.